The molecule has 0 saturated heterocycles. The maximum atomic E-state index is 12.5. The molecule has 142 valence electrons. The standard InChI is InChI=1S/C16H16N4O4S3/c1-9(14(21)18-10-4-3-5-11(8-10)27(17,23)24)26-16-19-12-6-7-25-13(12)15(22)20(16)2/h3-9H,1-2H3,(H,18,21)(H2,17,23,24). The van der Waals surface area contributed by atoms with Crippen molar-refractivity contribution in [2.75, 3.05) is 5.32 Å². The summed E-state index contributed by atoms with van der Waals surface area (Å²) in [5.74, 6) is -0.355. The smallest absolute Gasteiger partial charge is 0.271 e. The van der Waals surface area contributed by atoms with Gasteiger partial charge in [-0.1, -0.05) is 17.8 Å². The zero-order valence-electron chi connectivity index (χ0n) is 14.4. The minimum atomic E-state index is -3.86. The molecule has 0 spiro atoms. The number of hydrogen-bond acceptors (Lipinski definition) is 7. The van der Waals surface area contributed by atoms with Crippen molar-refractivity contribution in [2.24, 2.45) is 12.2 Å². The van der Waals surface area contributed by atoms with E-state index in [9.17, 15) is 18.0 Å². The Labute approximate surface area is 163 Å². The summed E-state index contributed by atoms with van der Waals surface area (Å²) in [4.78, 5) is 29.1. The van der Waals surface area contributed by atoms with E-state index >= 15 is 0 Å². The number of anilines is 1. The van der Waals surface area contributed by atoms with Gasteiger partial charge in [-0.3, -0.25) is 14.2 Å². The van der Waals surface area contributed by atoms with E-state index < -0.39 is 15.3 Å². The molecule has 0 radical (unpaired) electrons. The second kappa shape index (κ2) is 7.43. The number of nitrogens with one attached hydrogen (secondary N) is 1. The molecule has 11 heteroatoms. The number of hydrogen-bond donors (Lipinski definition) is 2. The van der Waals surface area contributed by atoms with E-state index in [1.807, 2.05) is 0 Å². The summed E-state index contributed by atoms with van der Waals surface area (Å²) >= 11 is 2.46. The molecule has 1 atom stereocenters. The van der Waals surface area contributed by atoms with Crippen molar-refractivity contribution >= 4 is 54.9 Å². The van der Waals surface area contributed by atoms with Gasteiger partial charge in [0.05, 0.1) is 15.7 Å². The Hall–Kier alpha value is -2.21. The zero-order valence-corrected chi connectivity index (χ0v) is 16.8. The minimum absolute atomic E-state index is 0.0902. The molecule has 0 saturated carbocycles. The highest BCUT2D eigenvalue weighted by molar-refractivity contribution is 8.00. The molecular weight excluding hydrogens is 408 g/mol. The number of benzene rings is 1. The van der Waals surface area contributed by atoms with Crippen LogP contribution >= 0.6 is 23.1 Å². The molecule has 8 nitrogen and oxygen atoms in total. The third kappa shape index (κ3) is 4.21. The van der Waals surface area contributed by atoms with Gasteiger partial charge in [0.25, 0.3) is 5.56 Å². The van der Waals surface area contributed by atoms with E-state index in [0.29, 0.717) is 21.1 Å². The first-order valence-electron chi connectivity index (χ1n) is 7.71. The number of rotatable bonds is 5. The van der Waals surface area contributed by atoms with Crippen LogP contribution in [0.4, 0.5) is 5.69 Å². The SMILES string of the molecule is CC(Sc1nc2ccsc2c(=O)n1C)C(=O)Nc1cccc(S(N)(=O)=O)c1. The van der Waals surface area contributed by atoms with Gasteiger partial charge in [-0.15, -0.1) is 11.3 Å². The van der Waals surface area contributed by atoms with Crippen molar-refractivity contribution < 1.29 is 13.2 Å². The lowest BCUT2D eigenvalue weighted by atomic mass is 10.3. The van der Waals surface area contributed by atoms with Gasteiger partial charge < -0.3 is 5.32 Å². The first-order chi connectivity index (χ1) is 12.7. The summed E-state index contributed by atoms with van der Waals surface area (Å²) in [6.45, 7) is 1.67. The van der Waals surface area contributed by atoms with Crippen molar-refractivity contribution in [1.82, 2.24) is 9.55 Å². The van der Waals surface area contributed by atoms with E-state index in [0.717, 1.165) is 11.8 Å². The van der Waals surface area contributed by atoms with Crippen LogP contribution in [-0.4, -0.2) is 29.1 Å². The van der Waals surface area contributed by atoms with Crippen LogP contribution in [0.3, 0.4) is 0 Å². The Morgan fingerprint density at radius 1 is 1.37 bits per heavy atom. The van der Waals surface area contributed by atoms with E-state index in [2.05, 4.69) is 10.3 Å². The average Bonchev–Trinajstić information content (AvgIpc) is 3.07. The molecule has 27 heavy (non-hydrogen) atoms. The molecule has 2 aromatic heterocycles. The lowest BCUT2D eigenvalue weighted by Gasteiger charge is -2.14. The summed E-state index contributed by atoms with van der Waals surface area (Å²) in [5.41, 5.74) is 0.749. The highest BCUT2D eigenvalue weighted by Crippen LogP contribution is 2.24. The molecule has 0 aliphatic heterocycles. The molecule has 2 heterocycles. The van der Waals surface area contributed by atoms with E-state index in [1.165, 1.54) is 34.1 Å². The normalized spacial score (nSPS) is 12.9. The third-order valence-corrected chi connectivity index (χ3v) is 6.67. The number of nitrogens with zero attached hydrogens (tertiary/aromatic N) is 2. The summed E-state index contributed by atoms with van der Waals surface area (Å²) in [6.07, 6.45) is 0. The Bertz CT molecular complexity index is 1180. The van der Waals surface area contributed by atoms with Crippen molar-refractivity contribution in [1.29, 1.82) is 0 Å². The largest absolute Gasteiger partial charge is 0.325 e. The number of aromatic nitrogens is 2. The van der Waals surface area contributed by atoms with Crippen LogP contribution in [0.1, 0.15) is 6.92 Å². The molecular formula is C16H16N4O4S3. The van der Waals surface area contributed by atoms with Crippen molar-refractivity contribution in [3.63, 3.8) is 0 Å². The maximum Gasteiger partial charge on any atom is 0.271 e. The molecule has 0 aliphatic rings. The molecule has 1 amide bonds. The Balaban J connectivity index is 1.79. The van der Waals surface area contributed by atoms with Gasteiger partial charge in [0.15, 0.2) is 5.16 Å². The fourth-order valence-electron chi connectivity index (χ4n) is 2.28. The molecule has 1 unspecified atom stereocenters. The molecule has 0 aliphatic carbocycles. The maximum absolute atomic E-state index is 12.5. The number of nitrogens with two attached hydrogens (primary N) is 1. The van der Waals surface area contributed by atoms with E-state index in [1.54, 1.807) is 31.5 Å². The molecule has 3 N–H and O–H groups in total. The number of amides is 1. The predicted octanol–water partition coefficient (Wildman–Crippen LogP) is 1.76. The van der Waals surface area contributed by atoms with Gasteiger partial charge in [0, 0.05) is 12.7 Å². The molecule has 1 aromatic carbocycles. The van der Waals surface area contributed by atoms with Gasteiger partial charge in [0.1, 0.15) is 4.70 Å². The Kier molecular flexibility index (Phi) is 5.38. The summed E-state index contributed by atoms with van der Waals surface area (Å²) < 4.78 is 24.8. The molecule has 0 fully saturated rings. The molecule has 3 rings (SSSR count). The molecule has 0 bridgehead atoms. The minimum Gasteiger partial charge on any atom is -0.325 e. The second-order valence-corrected chi connectivity index (χ2v) is 9.50. The lowest BCUT2D eigenvalue weighted by Crippen LogP contribution is -2.25. The number of thiophene rings is 1. The highest BCUT2D eigenvalue weighted by atomic mass is 32.2. The first kappa shape index (κ1) is 19.5. The number of fused-ring (bicyclic) bond motifs is 1. The number of sulfonamides is 1. The summed E-state index contributed by atoms with van der Waals surface area (Å²) in [6, 6.07) is 7.45. The van der Waals surface area contributed by atoms with E-state index in [-0.39, 0.29) is 16.4 Å². The van der Waals surface area contributed by atoms with Crippen LogP contribution in [-0.2, 0) is 21.9 Å². The summed E-state index contributed by atoms with van der Waals surface area (Å²) in [7, 11) is -2.25. The quantitative estimate of drug-likeness (QED) is 0.475. The van der Waals surface area contributed by atoms with E-state index in [4.69, 9.17) is 5.14 Å². The van der Waals surface area contributed by atoms with Gasteiger partial charge in [-0.2, -0.15) is 0 Å². The first-order valence-corrected chi connectivity index (χ1v) is 11.0. The van der Waals surface area contributed by atoms with Gasteiger partial charge in [-0.25, -0.2) is 18.5 Å². The molecule has 3 aromatic rings. The number of carbonyl (C=O) groups excluding carboxylic acids is 1. The summed E-state index contributed by atoms with van der Waals surface area (Å²) in [5, 5.41) is 9.39. The van der Waals surface area contributed by atoms with Crippen LogP contribution in [0, 0.1) is 0 Å². The highest BCUT2D eigenvalue weighted by Gasteiger charge is 2.19. The van der Waals surface area contributed by atoms with Gasteiger partial charge in [-0.05, 0) is 36.6 Å². The van der Waals surface area contributed by atoms with Crippen LogP contribution in [0.25, 0.3) is 10.2 Å². The van der Waals surface area contributed by atoms with Crippen LogP contribution in [0.2, 0.25) is 0 Å². The number of primary sulfonamides is 1. The van der Waals surface area contributed by atoms with Crippen LogP contribution < -0.4 is 16.0 Å². The topological polar surface area (TPSA) is 124 Å². The zero-order chi connectivity index (χ0) is 19.8. The monoisotopic (exact) mass is 424 g/mol. The lowest BCUT2D eigenvalue weighted by molar-refractivity contribution is -0.115. The van der Waals surface area contributed by atoms with Gasteiger partial charge in [0.2, 0.25) is 15.9 Å². The predicted molar refractivity (Wildman–Crippen MR) is 107 cm³/mol. The number of thioether (sulfide) groups is 1. The van der Waals surface area contributed by atoms with Crippen LogP contribution in [0.15, 0.2) is 50.6 Å². The number of carbonyl (C=O) groups is 1. The fraction of sp³-hybridized carbons (Fsp3) is 0.188. The Morgan fingerprint density at radius 3 is 2.81 bits per heavy atom. The van der Waals surface area contributed by atoms with Crippen molar-refractivity contribution in [3.05, 3.63) is 46.1 Å². The van der Waals surface area contributed by atoms with Crippen LogP contribution in [0.5, 0.6) is 0 Å². The van der Waals surface area contributed by atoms with Gasteiger partial charge >= 0.3 is 0 Å². The second-order valence-electron chi connectivity index (χ2n) is 5.72. The van der Waals surface area contributed by atoms with Crippen molar-refractivity contribution in [2.45, 2.75) is 22.2 Å². The Morgan fingerprint density at radius 2 is 2.11 bits per heavy atom. The van der Waals surface area contributed by atoms with Crippen molar-refractivity contribution in [3.8, 4) is 0 Å². The fourth-order valence-corrected chi connectivity index (χ4v) is 4.52. The average molecular weight is 425 g/mol. The third-order valence-electron chi connectivity index (χ3n) is 3.73.